The quantitative estimate of drug-likeness (QED) is 0.766. The number of benzene rings is 1. The van der Waals surface area contributed by atoms with Gasteiger partial charge in [-0.2, -0.15) is 0 Å². The van der Waals surface area contributed by atoms with Crippen molar-refractivity contribution in [3.05, 3.63) is 18.2 Å². The Bertz CT molecular complexity index is 797. The van der Waals surface area contributed by atoms with Gasteiger partial charge >= 0.3 is 0 Å². The van der Waals surface area contributed by atoms with Gasteiger partial charge in [-0.1, -0.05) is 19.3 Å². The highest BCUT2D eigenvalue weighted by molar-refractivity contribution is 7.91. The smallest absolute Gasteiger partial charge is 0.244 e. The van der Waals surface area contributed by atoms with Crippen LogP contribution in [0.2, 0.25) is 0 Å². The number of hydrogen-bond donors (Lipinski definition) is 2. The van der Waals surface area contributed by atoms with Gasteiger partial charge in [-0.05, 0) is 31.0 Å². The molecule has 1 aliphatic carbocycles. The zero-order valence-electron chi connectivity index (χ0n) is 13.9. The molecule has 0 radical (unpaired) electrons. The highest BCUT2D eigenvalue weighted by Crippen LogP contribution is 2.29. The molecular formula is C15H24N2O5S2. The third-order valence-electron chi connectivity index (χ3n) is 4.32. The Hall–Kier alpha value is -1.16. The Morgan fingerprint density at radius 1 is 1.17 bits per heavy atom. The number of ether oxygens (including phenoxy) is 1. The summed E-state index contributed by atoms with van der Waals surface area (Å²) in [4.78, 5) is -0.281. The van der Waals surface area contributed by atoms with E-state index in [1.165, 1.54) is 19.2 Å². The first-order valence-electron chi connectivity index (χ1n) is 7.74. The van der Waals surface area contributed by atoms with E-state index in [1.807, 2.05) is 0 Å². The summed E-state index contributed by atoms with van der Waals surface area (Å²) in [5, 5.41) is 0. The van der Waals surface area contributed by atoms with Crippen LogP contribution in [-0.2, 0) is 19.9 Å². The zero-order valence-corrected chi connectivity index (χ0v) is 15.5. The summed E-state index contributed by atoms with van der Waals surface area (Å²) in [5.41, 5.74) is 5.70. The Kier molecular flexibility index (Phi) is 5.58. The first kappa shape index (κ1) is 19.2. The molecule has 24 heavy (non-hydrogen) atoms. The van der Waals surface area contributed by atoms with Crippen molar-refractivity contribution in [2.75, 3.05) is 19.9 Å². The van der Waals surface area contributed by atoms with Crippen molar-refractivity contribution in [2.24, 2.45) is 5.73 Å². The summed E-state index contributed by atoms with van der Waals surface area (Å²) in [7, 11) is -6.14. The van der Waals surface area contributed by atoms with Crippen molar-refractivity contribution in [2.45, 2.75) is 47.4 Å². The minimum absolute atomic E-state index is 0.0798. The summed E-state index contributed by atoms with van der Waals surface area (Å²) in [6.07, 6.45) is 5.60. The number of nitrogens with two attached hydrogens (primary N) is 1. The lowest BCUT2D eigenvalue weighted by Crippen LogP contribution is -2.51. The molecule has 0 saturated heterocycles. The summed E-state index contributed by atoms with van der Waals surface area (Å²) in [6.45, 7) is 0.113. The van der Waals surface area contributed by atoms with Gasteiger partial charge in [-0.15, -0.1) is 0 Å². The molecule has 1 saturated carbocycles. The van der Waals surface area contributed by atoms with Crippen LogP contribution in [0.3, 0.4) is 0 Å². The maximum absolute atomic E-state index is 12.6. The normalized spacial score (nSPS) is 18.3. The second-order valence-electron chi connectivity index (χ2n) is 6.33. The largest absolute Gasteiger partial charge is 0.495 e. The summed E-state index contributed by atoms with van der Waals surface area (Å²) in [6, 6.07) is 3.77. The molecule has 7 nitrogen and oxygen atoms in total. The van der Waals surface area contributed by atoms with Gasteiger partial charge in [0.25, 0.3) is 0 Å². The van der Waals surface area contributed by atoms with Crippen molar-refractivity contribution in [1.82, 2.24) is 4.72 Å². The standard InChI is InChI=1S/C15H24N2O5S2/c1-22-13-7-6-12(23(2,18)19)10-14(13)24(20,21)17-11-15(16)8-4-3-5-9-15/h6-7,10,17H,3-5,8-9,11,16H2,1-2H3. The number of sulfone groups is 1. The maximum atomic E-state index is 12.6. The predicted molar refractivity (Wildman–Crippen MR) is 91.3 cm³/mol. The summed E-state index contributed by atoms with van der Waals surface area (Å²) in [5.74, 6) is 0.0876. The van der Waals surface area contributed by atoms with E-state index in [2.05, 4.69) is 4.72 Å². The number of sulfonamides is 1. The van der Waals surface area contributed by atoms with E-state index in [4.69, 9.17) is 10.5 Å². The minimum Gasteiger partial charge on any atom is -0.495 e. The number of rotatable bonds is 6. The lowest BCUT2D eigenvalue weighted by atomic mass is 9.83. The number of methoxy groups -OCH3 is 1. The van der Waals surface area contributed by atoms with E-state index >= 15 is 0 Å². The van der Waals surface area contributed by atoms with Crippen molar-refractivity contribution in [3.8, 4) is 5.75 Å². The maximum Gasteiger partial charge on any atom is 0.244 e. The van der Waals surface area contributed by atoms with Crippen LogP contribution < -0.4 is 15.2 Å². The monoisotopic (exact) mass is 376 g/mol. The van der Waals surface area contributed by atoms with Crippen LogP contribution in [0, 0.1) is 0 Å². The van der Waals surface area contributed by atoms with Gasteiger partial charge in [-0.3, -0.25) is 0 Å². The molecule has 1 fully saturated rings. The van der Waals surface area contributed by atoms with Gasteiger partial charge in [-0.25, -0.2) is 21.6 Å². The average molecular weight is 377 g/mol. The molecule has 1 aromatic rings. The molecule has 0 aliphatic heterocycles. The van der Waals surface area contributed by atoms with Gasteiger partial charge in [0, 0.05) is 18.3 Å². The van der Waals surface area contributed by atoms with Crippen LogP contribution in [0.4, 0.5) is 0 Å². The average Bonchev–Trinajstić information content (AvgIpc) is 2.52. The van der Waals surface area contributed by atoms with E-state index < -0.39 is 25.4 Å². The van der Waals surface area contributed by atoms with Gasteiger partial charge in [0.05, 0.1) is 12.0 Å². The molecule has 0 aromatic heterocycles. The molecule has 136 valence electrons. The number of hydrogen-bond acceptors (Lipinski definition) is 6. The van der Waals surface area contributed by atoms with E-state index in [1.54, 1.807) is 0 Å². The number of nitrogens with one attached hydrogen (secondary N) is 1. The molecular weight excluding hydrogens is 352 g/mol. The van der Waals surface area contributed by atoms with Crippen molar-refractivity contribution in [1.29, 1.82) is 0 Å². The van der Waals surface area contributed by atoms with Crippen LogP contribution in [0.15, 0.2) is 28.0 Å². The SMILES string of the molecule is COc1ccc(S(C)(=O)=O)cc1S(=O)(=O)NCC1(N)CCCCC1. The molecule has 0 unspecified atom stereocenters. The third-order valence-corrected chi connectivity index (χ3v) is 6.85. The van der Waals surface area contributed by atoms with Gasteiger partial charge in [0.2, 0.25) is 10.0 Å². The molecule has 0 heterocycles. The van der Waals surface area contributed by atoms with Gasteiger partial charge < -0.3 is 10.5 Å². The third kappa shape index (κ3) is 4.47. The van der Waals surface area contributed by atoms with Crippen LogP contribution in [0.25, 0.3) is 0 Å². The Labute approximate surface area is 143 Å². The van der Waals surface area contributed by atoms with Crippen LogP contribution in [-0.4, -0.2) is 42.3 Å². The molecule has 1 aliphatic rings. The Morgan fingerprint density at radius 2 is 1.79 bits per heavy atom. The van der Waals surface area contributed by atoms with Crippen LogP contribution in [0.5, 0.6) is 5.75 Å². The van der Waals surface area contributed by atoms with E-state index in [9.17, 15) is 16.8 Å². The fourth-order valence-corrected chi connectivity index (χ4v) is 4.90. The van der Waals surface area contributed by atoms with Gasteiger partial charge in [0.1, 0.15) is 10.6 Å². The fraction of sp³-hybridized carbons (Fsp3) is 0.600. The molecule has 0 spiro atoms. The van der Waals surface area contributed by atoms with Crippen molar-refractivity contribution in [3.63, 3.8) is 0 Å². The molecule has 9 heteroatoms. The van der Waals surface area contributed by atoms with E-state index in [0.717, 1.165) is 44.4 Å². The lowest BCUT2D eigenvalue weighted by molar-refractivity contribution is 0.296. The second kappa shape index (κ2) is 6.99. The first-order chi connectivity index (χ1) is 11.1. The zero-order chi connectivity index (χ0) is 18.0. The molecule has 3 N–H and O–H groups in total. The predicted octanol–water partition coefficient (Wildman–Crippen LogP) is 1.04. The first-order valence-corrected chi connectivity index (χ1v) is 11.1. The van der Waals surface area contributed by atoms with E-state index in [0.29, 0.717) is 0 Å². The topological polar surface area (TPSA) is 116 Å². The second-order valence-corrected chi connectivity index (χ2v) is 10.1. The lowest BCUT2D eigenvalue weighted by Gasteiger charge is -2.33. The Morgan fingerprint density at radius 3 is 2.33 bits per heavy atom. The van der Waals surface area contributed by atoms with Crippen LogP contribution >= 0.6 is 0 Å². The fourth-order valence-electron chi connectivity index (χ4n) is 2.85. The highest BCUT2D eigenvalue weighted by atomic mass is 32.2. The van der Waals surface area contributed by atoms with Crippen LogP contribution in [0.1, 0.15) is 32.1 Å². The Balaban J connectivity index is 2.30. The summed E-state index contributed by atoms with van der Waals surface area (Å²) < 4.78 is 56.2. The van der Waals surface area contributed by atoms with E-state index in [-0.39, 0.29) is 22.1 Å². The van der Waals surface area contributed by atoms with Gasteiger partial charge in [0.15, 0.2) is 9.84 Å². The molecule has 1 aromatic carbocycles. The van der Waals surface area contributed by atoms with Crippen molar-refractivity contribution >= 4 is 19.9 Å². The molecule has 0 bridgehead atoms. The van der Waals surface area contributed by atoms with Crippen molar-refractivity contribution < 1.29 is 21.6 Å². The molecule has 2 rings (SSSR count). The summed E-state index contributed by atoms with van der Waals surface area (Å²) >= 11 is 0. The molecule has 0 atom stereocenters. The minimum atomic E-state index is -3.94. The highest BCUT2D eigenvalue weighted by Gasteiger charge is 2.30. The molecule has 0 amide bonds.